The summed E-state index contributed by atoms with van der Waals surface area (Å²) in [6.07, 6.45) is 3.12. The third-order valence-corrected chi connectivity index (χ3v) is 2.66. The Balaban J connectivity index is 3.73. The molecule has 0 saturated heterocycles. The second kappa shape index (κ2) is 10.1. The Morgan fingerprint density at radius 2 is 1.90 bits per heavy atom. The highest BCUT2D eigenvalue weighted by Gasteiger charge is 2.22. The molecule has 0 radical (unpaired) electrons. The van der Waals surface area contributed by atoms with Crippen molar-refractivity contribution in [3.63, 3.8) is 0 Å². The highest BCUT2D eigenvalue weighted by atomic mass is 16.6. The summed E-state index contributed by atoms with van der Waals surface area (Å²) in [5.41, 5.74) is -0.592. The Kier molecular flexibility index (Phi) is 9.15. The molecule has 7 heteroatoms. The molecule has 0 aromatic carbocycles. The Labute approximate surface area is 119 Å². The maximum atomic E-state index is 11.5. The number of nitrogens with one attached hydrogen (secondary N) is 2. The lowest BCUT2D eigenvalue weighted by Crippen LogP contribution is -2.37. The van der Waals surface area contributed by atoms with Crippen molar-refractivity contribution in [3.8, 4) is 0 Å². The first-order valence-electron chi connectivity index (χ1n) is 6.73. The number of amides is 2. The summed E-state index contributed by atoms with van der Waals surface area (Å²) in [7, 11) is 0. The first kappa shape index (κ1) is 18.2. The molecule has 0 atom stereocenters. The Morgan fingerprint density at radius 3 is 2.50 bits per heavy atom. The molecule has 0 bridgehead atoms. The standard InChI is InChI=1S/C13H24N2O5/c1-13(2,7-5-3-4-6-11(17)18)20-12(19)15-9-8-14-10-16/h10H,3-9H2,1-2H3,(H,14,16)(H,15,19)(H,17,18). The van der Waals surface area contributed by atoms with Gasteiger partial charge >= 0.3 is 12.1 Å². The summed E-state index contributed by atoms with van der Waals surface area (Å²) >= 11 is 0. The Hall–Kier alpha value is -1.79. The predicted octanol–water partition coefficient (Wildman–Crippen LogP) is 1.27. The van der Waals surface area contributed by atoms with Crippen molar-refractivity contribution in [2.24, 2.45) is 0 Å². The van der Waals surface area contributed by atoms with Gasteiger partial charge in [0.1, 0.15) is 5.60 Å². The van der Waals surface area contributed by atoms with Crippen molar-refractivity contribution >= 4 is 18.5 Å². The van der Waals surface area contributed by atoms with Crippen LogP contribution in [0.15, 0.2) is 0 Å². The number of hydrogen-bond donors (Lipinski definition) is 3. The number of unbranched alkanes of at least 4 members (excludes halogenated alkanes) is 2. The minimum Gasteiger partial charge on any atom is -0.481 e. The molecule has 116 valence electrons. The normalized spacial score (nSPS) is 10.7. The molecular weight excluding hydrogens is 264 g/mol. The average Bonchev–Trinajstić information content (AvgIpc) is 2.33. The second-order valence-electron chi connectivity index (χ2n) is 5.10. The van der Waals surface area contributed by atoms with E-state index in [1.807, 2.05) is 13.8 Å². The van der Waals surface area contributed by atoms with Crippen LogP contribution < -0.4 is 10.6 Å². The van der Waals surface area contributed by atoms with Gasteiger partial charge in [0.05, 0.1) is 0 Å². The van der Waals surface area contributed by atoms with Crippen molar-refractivity contribution in [1.29, 1.82) is 0 Å². The Morgan fingerprint density at radius 1 is 1.20 bits per heavy atom. The average molecular weight is 288 g/mol. The van der Waals surface area contributed by atoms with E-state index >= 15 is 0 Å². The maximum Gasteiger partial charge on any atom is 0.407 e. The van der Waals surface area contributed by atoms with Crippen LogP contribution in [-0.4, -0.2) is 42.3 Å². The summed E-state index contributed by atoms with van der Waals surface area (Å²) < 4.78 is 5.26. The van der Waals surface area contributed by atoms with Crippen molar-refractivity contribution in [2.45, 2.75) is 51.6 Å². The van der Waals surface area contributed by atoms with Crippen molar-refractivity contribution in [2.75, 3.05) is 13.1 Å². The van der Waals surface area contributed by atoms with Crippen LogP contribution in [0.2, 0.25) is 0 Å². The summed E-state index contributed by atoms with van der Waals surface area (Å²) in [6.45, 7) is 4.29. The number of alkyl carbamates (subject to hydrolysis) is 1. The van der Waals surface area contributed by atoms with E-state index in [1.54, 1.807) is 0 Å². The molecule has 0 aliphatic carbocycles. The fraction of sp³-hybridized carbons (Fsp3) is 0.769. The molecule has 20 heavy (non-hydrogen) atoms. The van der Waals surface area contributed by atoms with Gasteiger partial charge in [-0.1, -0.05) is 6.42 Å². The molecule has 0 spiro atoms. The van der Waals surface area contributed by atoms with Gasteiger partial charge in [0.2, 0.25) is 6.41 Å². The van der Waals surface area contributed by atoms with E-state index < -0.39 is 17.7 Å². The summed E-state index contributed by atoms with van der Waals surface area (Å²) in [5.74, 6) is -0.788. The lowest BCUT2D eigenvalue weighted by molar-refractivity contribution is -0.137. The van der Waals surface area contributed by atoms with E-state index in [1.165, 1.54) is 0 Å². The third-order valence-electron chi connectivity index (χ3n) is 2.66. The lowest BCUT2D eigenvalue weighted by Gasteiger charge is -2.25. The van der Waals surface area contributed by atoms with Crippen LogP contribution in [0, 0.1) is 0 Å². The number of carbonyl (C=O) groups excluding carboxylic acids is 2. The first-order chi connectivity index (χ1) is 9.37. The zero-order chi connectivity index (χ0) is 15.4. The van der Waals surface area contributed by atoms with Gasteiger partial charge in [-0.05, 0) is 33.1 Å². The third kappa shape index (κ3) is 11.3. The van der Waals surface area contributed by atoms with E-state index in [4.69, 9.17) is 9.84 Å². The van der Waals surface area contributed by atoms with Gasteiger partial charge in [0, 0.05) is 19.5 Å². The number of carboxylic acid groups (broad SMARTS) is 1. The van der Waals surface area contributed by atoms with Crippen LogP contribution in [0.5, 0.6) is 0 Å². The quantitative estimate of drug-likeness (QED) is 0.392. The zero-order valence-electron chi connectivity index (χ0n) is 12.1. The van der Waals surface area contributed by atoms with Gasteiger partial charge in [0.25, 0.3) is 0 Å². The first-order valence-corrected chi connectivity index (χ1v) is 6.73. The van der Waals surface area contributed by atoms with Gasteiger partial charge in [-0.3, -0.25) is 9.59 Å². The fourth-order valence-electron chi connectivity index (χ4n) is 1.64. The van der Waals surface area contributed by atoms with Crippen LogP contribution in [0.25, 0.3) is 0 Å². The summed E-state index contributed by atoms with van der Waals surface area (Å²) in [6, 6.07) is 0. The summed E-state index contributed by atoms with van der Waals surface area (Å²) in [5, 5.41) is 13.5. The molecule has 0 aliphatic heterocycles. The predicted molar refractivity (Wildman–Crippen MR) is 73.4 cm³/mol. The molecule has 0 heterocycles. The molecule has 0 aromatic heterocycles. The van der Waals surface area contributed by atoms with Crippen LogP contribution in [0.3, 0.4) is 0 Å². The number of hydrogen-bond acceptors (Lipinski definition) is 4. The largest absolute Gasteiger partial charge is 0.481 e. The topological polar surface area (TPSA) is 105 Å². The van der Waals surface area contributed by atoms with E-state index in [-0.39, 0.29) is 6.42 Å². The van der Waals surface area contributed by atoms with Gasteiger partial charge in [-0.2, -0.15) is 0 Å². The molecule has 0 aliphatic rings. The molecular formula is C13H24N2O5. The number of rotatable bonds is 11. The minimum absolute atomic E-state index is 0.172. The number of aliphatic carboxylic acids is 1. The molecule has 7 nitrogen and oxygen atoms in total. The van der Waals surface area contributed by atoms with Gasteiger partial charge in [-0.25, -0.2) is 4.79 Å². The number of carboxylic acids is 1. The van der Waals surface area contributed by atoms with Crippen molar-refractivity contribution in [1.82, 2.24) is 10.6 Å². The van der Waals surface area contributed by atoms with E-state index in [9.17, 15) is 14.4 Å². The smallest absolute Gasteiger partial charge is 0.407 e. The molecule has 0 unspecified atom stereocenters. The zero-order valence-corrected chi connectivity index (χ0v) is 12.1. The van der Waals surface area contributed by atoms with Crippen molar-refractivity contribution < 1.29 is 24.2 Å². The molecule has 0 aromatic rings. The molecule has 0 saturated carbocycles. The van der Waals surface area contributed by atoms with Crippen LogP contribution in [0.1, 0.15) is 46.0 Å². The molecule has 3 N–H and O–H groups in total. The minimum atomic E-state index is -0.788. The second-order valence-corrected chi connectivity index (χ2v) is 5.10. The van der Waals surface area contributed by atoms with Gasteiger partial charge in [0.15, 0.2) is 0 Å². The van der Waals surface area contributed by atoms with Crippen LogP contribution in [-0.2, 0) is 14.3 Å². The van der Waals surface area contributed by atoms with Gasteiger partial charge in [-0.15, -0.1) is 0 Å². The number of carbonyl (C=O) groups is 3. The van der Waals surface area contributed by atoms with Crippen LogP contribution in [0.4, 0.5) is 4.79 Å². The van der Waals surface area contributed by atoms with Crippen LogP contribution >= 0.6 is 0 Å². The fourth-order valence-corrected chi connectivity index (χ4v) is 1.64. The lowest BCUT2D eigenvalue weighted by atomic mass is 10.00. The Bertz CT molecular complexity index is 318. The maximum absolute atomic E-state index is 11.5. The molecule has 0 rings (SSSR count). The van der Waals surface area contributed by atoms with E-state index in [2.05, 4.69) is 10.6 Å². The highest BCUT2D eigenvalue weighted by Crippen LogP contribution is 2.19. The van der Waals surface area contributed by atoms with Gasteiger partial charge < -0.3 is 20.5 Å². The van der Waals surface area contributed by atoms with E-state index in [0.717, 1.165) is 12.8 Å². The SMILES string of the molecule is CC(C)(CCCCCC(=O)O)OC(=O)NCCNC=O. The highest BCUT2D eigenvalue weighted by molar-refractivity contribution is 5.67. The summed E-state index contributed by atoms with van der Waals surface area (Å²) in [4.78, 5) is 31.8. The monoisotopic (exact) mass is 288 g/mol. The number of ether oxygens (including phenoxy) is 1. The van der Waals surface area contributed by atoms with Crippen molar-refractivity contribution in [3.05, 3.63) is 0 Å². The molecule has 0 fully saturated rings. The van der Waals surface area contributed by atoms with E-state index in [0.29, 0.717) is 32.3 Å². The molecule has 2 amide bonds.